The smallest absolute Gasteiger partial charge is 0.0600 e. The molecule has 0 saturated carbocycles. The van der Waals surface area contributed by atoms with Crippen molar-refractivity contribution in [3.8, 4) is 22.3 Å². The topological polar surface area (TPSA) is 29.3 Å². The second-order valence-corrected chi connectivity index (χ2v) is 9.38. The summed E-state index contributed by atoms with van der Waals surface area (Å²) in [5.74, 6) is 0. The molecule has 0 saturated heterocycles. The zero-order valence-corrected chi connectivity index (χ0v) is 20.4. The Labute approximate surface area is 212 Å². The summed E-state index contributed by atoms with van der Waals surface area (Å²) in [7, 11) is 2.10. The van der Waals surface area contributed by atoms with E-state index in [0.717, 1.165) is 23.5 Å². The average Bonchev–Trinajstić information content (AvgIpc) is 2.93. The van der Waals surface area contributed by atoms with Crippen LogP contribution in [-0.2, 0) is 6.54 Å². The van der Waals surface area contributed by atoms with Crippen LogP contribution in [0.4, 0.5) is 11.4 Å². The van der Waals surface area contributed by atoms with E-state index in [1.54, 1.807) is 0 Å². The zero-order chi connectivity index (χ0) is 24.5. The third-order valence-corrected chi connectivity index (χ3v) is 7.01. The molecule has 6 aromatic carbocycles. The Balaban J connectivity index is 1.24. The van der Waals surface area contributed by atoms with Crippen molar-refractivity contribution in [3.63, 3.8) is 0 Å². The number of nitrogen functional groups attached to an aromatic ring is 1. The van der Waals surface area contributed by atoms with Gasteiger partial charge in [0.15, 0.2) is 0 Å². The third kappa shape index (κ3) is 4.08. The molecule has 0 heterocycles. The highest BCUT2D eigenvalue weighted by molar-refractivity contribution is 5.98. The predicted molar refractivity (Wildman–Crippen MR) is 155 cm³/mol. The van der Waals surface area contributed by atoms with Gasteiger partial charge in [-0.15, -0.1) is 0 Å². The molecule has 0 aliphatic carbocycles. The summed E-state index contributed by atoms with van der Waals surface area (Å²) in [4.78, 5) is 2.22. The number of rotatable bonds is 5. The minimum Gasteiger partial charge on any atom is -0.397 e. The van der Waals surface area contributed by atoms with Gasteiger partial charge in [0.1, 0.15) is 0 Å². The lowest BCUT2D eigenvalue weighted by Crippen LogP contribution is -2.17. The van der Waals surface area contributed by atoms with Gasteiger partial charge in [0.25, 0.3) is 0 Å². The van der Waals surface area contributed by atoms with Crippen molar-refractivity contribution in [2.24, 2.45) is 0 Å². The number of nitrogens with two attached hydrogens (primary N) is 1. The quantitative estimate of drug-likeness (QED) is 0.259. The van der Waals surface area contributed by atoms with Crippen LogP contribution in [0.5, 0.6) is 0 Å². The summed E-state index contributed by atoms with van der Waals surface area (Å²) < 4.78 is 0. The Morgan fingerprint density at radius 2 is 1.08 bits per heavy atom. The average molecular weight is 465 g/mol. The number of anilines is 2. The molecule has 0 spiro atoms. The van der Waals surface area contributed by atoms with E-state index in [2.05, 4.69) is 139 Å². The first-order chi connectivity index (χ1) is 17.7. The van der Waals surface area contributed by atoms with Crippen molar-refractivity contribution in [2.45, 2.75) is 6.54 Å². The highest BCUT2D eigenvalue weighted by Gasteiger charge is 2.10. The maximum atomic E-state index is 6.57. The fraction of sp³-hybridized carbons (Fsp3) is 0.0588. The Kier molecular flexibility index (Phi) is 5.63. The Hall–Kier alpha value is -4.56. The van der Waals surface area contributed by atoms with Crippen LogP contribution < -0.4 is 10.6 Å². The summed E-state index contributed by atoms with van der Waals surface area (Å²) in [5, 5.41) is 5.03. The lowest BCUT2D eigenvalue weighted by molar-refractivity contribution is 0.925. The van der Waals surface area contributed by atoms with Gasteiger partial charge < -0.3 is 10.6 Å². The molecule has 0 aromatic heterocycles. The summed E-state index contributed by atoms with van der Waals surface area (Å²) in [6, 6.07) is 45.2. The van der Waals surface area contributed by atoms with Crippen LogP contribution in [0.3, 0.4) is 0 Å². The van der Waals surface area contributed by atoms with Crippen molar-refractivity contribution >= 4 is 32.9 Å². The number of benzene rings is 6. The minimum atomic E-state index is 0.785. The van der Waals surface area contributed by atoms with Gasteiger partial charge in [-0.05, 0) is 61.5 Å². The van der Waals surface area contributed by atoms with E-state index in [-0.39, 0.29) is 0 Å². The Morgan fingerprint density at radius 1 is 0.556 bits per heavy atom. The van der Waals surface area contributed by atoms with E-state index in [0.29, 0.717) is 0 Å². The molecule has 0 bridgehead atoms. The highest BCUT2D eigenvalue weighted by atomic mass is 15.1. The largest absolute Gasteiger partial charge is 0.397 e. The van der Waals surface area contributed by atoms with Crippen molar-refractivity contribution in [1.82, 2.24) is 0 Å². The molecule has 6 rings (SSSR count). The second kappa shape index (κ2) is 9.24. The molecular weight excluding hydrogens is 436 g/mol. The van der Waals surface area contributed by atoms with E-state index < -0.39 is 0 Å². The van der Waals surface area contributed by atoms with Gasteiger partial charge >= 0.3 is 0 Å². The lowest BCUT2D eigenvalue weighted by atomic mass is 9.97. The molecule has 2 heteroatoms. The molecular formula is C34H28N2. The summed E-state index contributed by atoms with van der Waals surface area (Å²) in [6.45, 7) is 0.785. The predicted octanol–water partition coefficient (Wildman–Crippen LogP) is 8.55. The second-order valence-electron chi connectivity index (χ2n) is 9.38. The zero-order valence-electron chi connectivity index (χ0n) is 20.4. The van der Waals surface area contributed by atoms with Crippen molar-refractivity contribution in [3.05, 3.63) is 133 Å². The van der Waals surface area contributed by atoms with Gasteiger partial charge in [-0.3, -0.25) is 0 Å². The normalized spacial score (nSPS) is 11.1. The molecule has 2 N–H and O–H groups in total. The van der Waals surface area contributed by atoms with Crippen LogP contribution in [-0.4, -0.2) is 7.05 Å². The molecule has 6 aromatic rings. The first-order valence-electron chi connectivity index (χ1n) is 12.3. The van der Waals surface area contributed by atoms with Gasteiger partial charge in [0.05, 0.1) is 11.4 Å². The Bertz CT molecular complexity index is 1670. The number of nitrogens with zero attached hydrogens (tertiary/aromatic N) is 1. The molecule has 0 amide bonds. The fourth-order valence-corrected chi connectivity index (χ4v) is 5.17. The fourth-order valence-electron chi connectivity index (χ4n) is 5.17. The van der Waals surface area contributed by atoms with Crippen LogP contribution in [0, 0.1) is 0 Å². The first-order valence-corrected chi connectivity index (χ1v) is 12.3. The number of hydrogen-bond donors (Lipinski definition) is 1. The van der Waals surface area contributed by atoms with E-state index in [1.165, 1.54) is 43.8 Å². The van der Waals surface area contributed by atoms with E-state index >= 15 is 0 Å². The van der Waals surface area contributed by atoms with Gasteiger partial charge in [0.2, 0.25) is 0 Å². The van der Waals surface area contributed by atoms with Gasteiger partial charge in [-0.2, -0.15) is 0 Å². The van der Waals surface area contributed by atoms with E-state index in [1.807, 2.05) is 0 Å². The van der Waals surface area contributed by atoms with Crippen molar-refractivity contribution < 1.29 is 0 Å². The maximum absolute atomic E-state index is 6.57. The third-order valence-electron chi connectivity index (χ3n) is 7.01. The molecule has 0 unspecified atom stereocenters. The Morgan fingerprint density at radius 3 is 1.69 bits per heavy atom. The van der Waals surface area contributed by atoms with Crippen LogP contribution in [0.25, 0.3) is 43.8 Å². The van der Waals surface area contributed by atoms with E-state index in [9.17, 15) is 0 Å². The first kappa shape index (κ1) is 21.9. The lowest BCUT2D eigenvalue weighted by Gasteiger charge is -2.22. The van der Waals surface area contributed by atoms with Gasteiger partial charge in [-0.25, -0.2) is 0 Å². The van der Waals surface area contributed by atoms with Gasteiger partial charge in [0, 0.05) is 13.6 Å². The standard InChI is InChI=1S/C34H28N2/c1-36(23-24-16-18-27(19-17-24)31-14-6-10-25-8-2-4-12-29(25)31)34-21-20-28(22-33(34)35)32-15-7-11-26-9-3-5-13-30(26)32/h2-22H,23,35H2,1H3. The molecule has 0 radical (unpaired) electrons. The minimum absolute atomic E-state index is 0.785. The van der Waals surface area contributed by atoms with Crippen LogP contribution in [0.2, 0.25) is 0 Å². The van der Waals surface area contributed by atoms with Crippen LogP contribution in [0.1, 0.15) is 5.56 Å². The van der Waals surface area contributed by atoms with Gasteiger partial charge in [-0.1, -0.05) is 115 Å². The van der Waals surface area contributed by atoms with Crippen molar-refractivity contribution in [1.29, 1.82) is 0 Å². The molecule has 0 fully saturated rings. The van der Waals surface area contributed by atoms with E-state index in [4.69, 9.17) is 5.73 Å². The highest BCUT2D eigenvalue weighted by Crippen LogP contribution is 2.34. The molecule has 0 aliphatic rings. The SMILES string of the molecule is CN(Cc1ccc(-c2cccc3ccccc23)cc1)c1ccc(-c2cccc3ccccc23)cc1N. The molecule has 174 valence electrons. The van der Waals surface area contributed by atoms with Crippen LogP contribution in [0.15, 0.2) is 127 Å². The molecule has 0 aliphatic heterocycles. The summed E-state index contributed by atoms with van der Waals surface area (Å²) in [5.41, 5.74) is 14.5. The van der Waals surface area contributed by atoms with Crippen molar-refractivity contribution in [2.75, 3.05) is 17.7 Å². The summed E-state index contributed by atoms with van der Waals surface area (Å²) >= 11 is 0. The maximum Gasteiger partial charge on any atom is 0.0600 e. The van der Waals surface area contributed by atoms with Crippen LogP contribution >= 0.6 is 0 Å². The number of hydrogen-bond acceptors (Lipinski definition) is 2. The molecule has 36 heavy (non-hydrogen) atoms. The monoisotopic (exact) mass is 464 g/mol. The molecule has 2 nitrogen and oxygen atoms in total. The molecule has 0 atom stereocenters. The number of fused-ring (bicyclic) bond motifs is 2. The summed E-state index contributed by atoms with van der Waals surface area (Å²) in [6.07, 6.45) is 0.